The third-order valence-corrected chi connectivity index (χ3v) is 5.53. The summed E-state index contributed by atoms with van der Waals surface area (Å²) in [6, 6.07) is 5.93. The molecule has 1 saturated carbocycles. The van der Waals surface area contributed by atoms with Crippen LogP contribution in [0, 0.1) is 5.92 Å². The Kier molecular flexibility index (Phi) is 7.51. The van der Waals surface area contributed by atoms with Gasteiger partial charge in [0, 0.05) is 37.7 Å². The number of hydrogen-bond donors (Lipinski definition) is 2. The van der Waals surface area contributed by atoms with Gasteiger partial charge in [-0.25, -0.2) is 9.98 Å². The second kappa shape index (κ2) is 10.3. The van der Waals surface area contributed by atoms with Crippen molar-refractivity contribution in [3.63, 3.8) is 0 Å². The molecular weight excluding hydrogens is 354 g/mol. The van der Waals surface area contributed by atoms with E-state index in [1.165, 1.54) is 19.3 Å². The Labute approximate surface area is 168 Å². The molecule has 154 valence electrons. The van der Waals surface area contributed by atoms with Crippen LogP contribution in [0.4, 0.5) is 0 Å². The van der Waals surface area contributed by atoms with Crippen molar-refractivity contribution < 1.29 is 9.53 Å². The molecule has 3 rings (SSSR count). The van der Waals surface area contributed by atoms with Crippen LogP contribution in [-0.4, -0.2) is 54.5 Å². The number of nitrogens with zero attached hydrogens (tertiary/aromatic N) is 3. The number of aromatic nitrogens is 1. The third-order valence-electron chi connectivity index (χ3n) is 5.53. The van der Waals surface area contributed by atoms with Crippen molar-refractivity contribution in [2.45, 2.75) is 58.0 Å². The number of pyridine rings is 1. The molecule has 1 amide bonds. The van der Waals surface area contributed by atoms with E-state index < -0.39 is 0 Å². The summed E-state index contributed by atoms with van der Waals surface area (Å²) in [6.07, 6.45) is 6.75. The SMILES string of the molecule is CCNC(=NCc1cccc(OC)n1)NC1CCN(C(=O)C2CCCCC2)C1. The molecule has 1 atom stereocenters. The van der Waals surface area contributed by atoms with Crippen LogP contribution in [0.2, 0.25) is 0 Å². The highest BCUT2D eigenvalue weighted by Crippen LogP contribution is 2.26. The quantitative estimate of drug-likeness (QED) is 0.579. The Morgan fingerprint density at radius 3 is 2.86 bits per heavy atom. The van der Waals surface area contributed by atoms with Crippen LogP contribution in [0.5, 0.6) is 5.88 Å². The number of guanidine groups is 1. The summed E-state index contributed by atoms with van der Waals surface area (Å²) in [5.74, 6) is 1.96. The zero-order valence-corrected chi connectivity index (χ0v) is 17.1. The van der Waals surface area contributed by atoms with Crippen LogP contribution in [-0.2, 0) is 11.3 Å². The van der Waals surface area contributed by atoms with Gasteiger partial charge < -0.3 is 20.3 Å². The largest absolute Gasteiger partial charge is 0.481 e. The molecule has 1 aliphatic heterocycles. The van der Waals surface area contributed by atoms with Crippen LogP contribution in [0.3, 0.4) is 0 Å². The van der Waals surface area contributed by atoms with Crippen molar-refractivity contribution in [2.24, 2.45) is 10.9 Å². The topological polar surface area (TPSA) is 78.9 Å². The van der Waals surface area contributed by atoms with E-state index in [0.717, 1.165) is 50.6 Å². The lowest BCUT2D eigenvalue weighted by Crippen LogP contribution is -2.45. The predicted octanol–water partition coefficient (Wildman–Crippen LogP) is 2.33. The van der Waals surface area contributed by atoms with Crippen molar-refractivity contribution in [3.8, 4) is 5.88 Å². The van der Waals surface area contributed by atoms with Crippen LogP contribution in [0.1, 0.15) is 51.1 Å². The normalized spacial score (nSPS) is 20.9. The number of aliphatic imine (C=N–C) groups is 1. The maximum Gasteiger partial charge on any atom is 0.225 e. The summed E-state index contributed by atoms with van der Waals surface area (Å²) >= 11 is 0. The van der Waals surface area contributed by atoms with Crippen molar-refractivity contribution in [3.05, 3.63) is 23.9 Å². The maximum absolute atomic E-state index is 12.8. The van der Waals surface area contributed by atoms with Gasteiger partial charge in [0.15, 0.2) is 5.96 Å². The van der Waals surface area contributed by atoms with Gasteiger partial charge in [0.25, 0.3) is 0 Å². The summed E-state index contributed by atoms with van der Waals surface area (Å²) in [7, 11) is 1.61. The van der Waals surface area contributed by atoms with Crippen LogP contribution in [0.15, 0.2) is 23.2 Å². The van der Waals surface area contributed by atoms with E-state index in [9.17, 15) is 4.79 Å². The third kappa shape index (κ3) is 5.59. The van der Waals surface area contributed by atoms with Gasteiger partial charge in [0.2, 0.25) is 11.8 Å². The summed E-state index contributed by atoms with van der Waals surface area (Å²) in [6.45, 7) is 4.91. The number of rotatable bonds is 6. The molecule has 7 heteroatoms. The second-order valence-electron chi connectivity index (χ2n) is 7.62. The lowest BCUT2D eigenvalue weighted by molar-refractivity contribution is -0.135. The molecule has 2 fully saturated rings. The number of nitrogens with one attached hydrogen (secondary N) is 2. The maximum atomic E-state index is 12.8. The first kappa shape index (κ1) is 20.4. The average molecular weight is 388 g/mol. The van der Waals surface area contributed by atoms with Gasteiger partial charge in [0.05, 0.1) is 19.3 Å². The van der Waals surface area contributed by atoms with Gasteiger partial charge in [0.1, 0.15) is 0 Å². The molecule has 1 aromatic heterocycles. The molecule has 2 N–H and O–H groups in total. The highest BCUT2D eigenvalue weighted by atomic mass is 16.5. The van der Waals surface area contributed by atoms with Gasteiger partial charge >= 0.3 is 0 Å². The molecule has 0 aromatic carbocycles. The Hall–Kier alpha value is -2.31. The Bertz CT molecular complexity index is 673. The highest BCUT2D eigenvalue weighted by molar-refractivity contribution is 5.81. The van der Waals surface area contributed by atoms with Crippen LogP contribution in [0.25, 0.3) is 0 Å². The van der Waals surface area contributed by atoms with Gasteiger partial charge in [-0.1, -0.05) is 25.3 Å². The van der Waals surface area contributed by atoms with E-state index in [2.05, 4.69) is 27.5 Å². The highest BCUT2D eigenvalue weighted by Gasteiger charge is 2.31. The van der Waals surface area contributed by atoms with Crippen LogP contribution < -0.4 is 15.4 Å². The second-order valence-corrected chi connectivity index (χ2v) is 7.62. The van der Waals surface area contributed by atoms with E-state index in [1.54, 1.807) is 7.11 Å². The number of carbonyl (C=O) groups is 1. The van der Waals surface area contributed by atoms with Gasteiger partial charge in [-0.15, -0.1) is 0 Å². The van der Waals surface area contributed by atoms with Crippen molar-refractivity contribution in [1.29, 1.82) is 0 Å². The van der Waals surface area contributed by atoms with Gasteiger partial charge in [-0.2, -0.15) is 0 Å². The number of methoxy groups -OCH3 is 1. The van der Waals surface area contributed by atoms with Gasteiger partial charge in [-0.05, 0) is 32.3 Å². The molecular formula is C21H33N5O2. The molecule has 2 aliphatic rings. The van der Waals surface area contributed by atoms with Crippen molar-refractivity contribution >= 4 is 11.9 Å². The van der Waals surface area contributed by atoms with Crippen LogP contribution >= 0.6 is 0 Å². The van der Waals surface area contributed by atoms with E-state index in [4.69, 9.17) is 4.74 Å². The minimum Gasteiger partial charge on any atom is -0.481 e. The Balaban J connectivity index is 1.54. The number of carbonyl (C=O) groups excluding carboxylic acids is 1. The Morgan fingerprint density at radius 2 is 2.11 bits per heavy atom. The van der Waals surface area contributed by atoms with Crippen molar-refractivity contribution in [1.82, 2.24) is 20.5 Å². The molecule has 1 aliphatic carbocycles. The van der Waals surface area contributed by atoms with E-state index in [1.807, 2.05) is 23.1 Å². The monoisotopic (exact) mass is 387 g/mol. The molecule has 28 heavy (non-hydrogen) atoms. The molecule has 1 unspecified atom stereocenters. The lowest BCUT2D eigenvalue weighted by atomic mass is 9.88. The van der Waals surface area contributed by atoms with E-state index in [-0.39, 0.29) is 12.0 Å². The summed E-state index contributed by atoms with van der Waals surface area (Å²) in [5, 5.41) is 6.78. The zero-order chi connectivity index (χ0) is 19.8. The first-order valence-electron chi connectivity index (χ1n) is 10.5. The number of likely N-dealkylation sites (tertiary alicyclic amines) is 1. The summed E-state index contributed by atoms with van der Waals surface area (Å²) < 4.78 is 5.17. The summed E-state index contributed by atoms with van der Waals surface area (Å²) in [4.78, 5) is 23.9. The number of hydrogen-bond acceptors (Lipinski definition) is 4. The average Bonchev–Trinajstić information content (AvgIpc) is 3.21. The van der Waals surface area contributed by atoms with Crippen molar-refractivity contribution in [2.75, 3.05) is 26.7 Å². The molecule has 1 saturated heterocycles. The van der Waals surface area contributed by atoms with E-state index >= 15 is 0 Å². The Morgan fingerprint density at radius 1 is 1.29 bits per heavy atom. The molecule has 0 radical (unpaired) electrons. The zero-order valence-electron chi connectivity index (χ0n) is 17.1. The molecule has 0 bridgehead atoms. The lowest BCUT2D eigenvalue weighted by Gasteiger charge is -2.26. The minimum atomic E-state index is 0.239. The number of ether oxygens (including phenoxy) is 1. The first-order chi connectivity index (χ1) is 13.7. The van der Waals surface area contributed by atoms with Gasteiger partial charge in [-0.3, -0.25) is 4.79 Å². The molecule has 1 aromatic rings. The fourth-order valence-electron chi connectivity index (χ4n) is 4.02. The first-order valence-corrected chi connectivity index (χ1v) is 10.5. The summed E-state index contributed by atoms with van der Waals surface area (Å²) in [5.41, 5.74) is 0.858. The standard InChI is InChI=1S/C21H33N5O2/c1-3-22-21(23-14-17-10-7-11-19(24-17)28-2)25-18-12-13-26(15-18)20(27)16-8-5-4-6-9-16/h7,10-11,16,18H,3-6,8-9,12-15H2,1-2H3,(H2,22,23,25). The van der Waals surface area contributed by atoms with E-state index in [0.29, 0.717) is 18.3 Å². The molecule has 2 heterocycles. The molecule has 0 spiro atoms. The fraction of sp³-hybridized carbons (Fsp3) is 0.667. The smallest absolute Gasteiger partial charge is 0.225 e. The fourth-order valence-corrected chi connectivity index (χ4v) is 4.02. The molecule has 7 nitrogen and oxygen atoms in total. The predicted molar refractivity (Wildman–Crippen MR) is 110 cm³/mol. The number of amides is 1. The minimum absolute atomic E-state index is 0.239.